The summed E-state index contributed by atoms with van der Waals surface area (Å²) in [7, 11) is 0. The summed E-state index contributed by atoms with van der Waals surface area (Å²) in [4.78, 5) is 25.8. The molecule has 1 unspecified atom stereocenters. The number of piperidine rings is 1. The van der Waals surface area contributed by atoms with Gasteiger partial charge in [-0.15, -0.1) is 11.3 Å². The first-order chi connectivity index (χ1) is 9.06. The van der Waals surface area contributed by atoms with E-state index in [9.17, 15) is 9.59 Å². The predicted octanol–water partition coefficient (Wildman–Crippen LogP) is 2.88. The number of rotatable bonds is 5. The molecule has 1 aromatic heterocycles. The summed E-state index contributed by atoms with van der Waals surface area (Å²) < 4.78 is 0.958. The lowest BCUT2D eigenvalue weighted by Crippen LogP contribution is -2.39. The molecule has 0 saturated carbocycles. The number of Topliss-reactive ketones (excluding diaryl/α,β-unsaturated/α-hetero) is 1. The summed E-state index contributed by atoms with van der Waals surface area (Å²) in [6.07, 6.45) is 2.10. The van der Waals surface area contributed by atoms with E-state index in [0.717, 1.165) is 28.0 Å². The first kappa shape index (κ1) is 14.7. The molecular weight excluding hydrogens is 330 g/mol. The van der Waals surface area contributed by atoms with Gasteiger partial charge in [-0.3, -0.25) is 9.59 Å². The Hall–Kier alpha value is -0.720. The Labute approximate surface area is 124 Å². The Morgan fingerprint density at radius 2 is 2.26 bits per heavy atom. The molecule has 0 amide bonds. The molecule has 2 rings (SSSR count). The number of thiophene rings is 1. The van der Waals surface area contributed by atoms with Crippen LogP contribution in [-0.2, 0) is 4.79 Å². The van der Waals surface area contributed by atoms with Gasteiger partial charge in [0.25, 0.3) is 0 Å². The van der Waals surface area contributed by atoms with Crippen molar-refractivity contribution in [2.24, 2.45) is 5.92 Å². The number of ketones is 1. The average molecular weight is 346 g/mol. The highest BCUT2D eigenvalue weighted by Gasteiger charge is 2.25. The van der Waals surface area contributed by atoms with Crippen molar-refractivity contribution in [3.63, 3.8) is 0 Å². The predicted molar refractivity (Wildman–Crippen MR) is 77.8 cm³/mol. The van der Waals surface area contributed by atoms with Gasteiger partial charge in [0.05, 0.1) is 14.6 Å². The van der Waals surface area contributed by atoms with E-state index in [1.54, 1.807) is 0 Å². The molecule has 6 heteroatoms. The molecule has 1 N–H and O–H groups in total. The first-order valence-corrected chi connectivity index (χ1v) is 7.91. The molecule has 19 heavy (non-hydrogen) atoms. The second-order valence-corrected chi connectivity index (χ2v) is 7.22. The monoisotopic (exact) mass is 345 g/mol. The second kappa shape index (κ2) is 6.63. The molecule has 4 nitrogen and oxygen atoms in total. The zero-order valence-corrected chi connectivity index (χ0v) is 12.9. The number of likely N-dealkylation sites (tertiary alicyclic amines) is 1. The molecule has 0 bridgehead atoms. The van der Waals surface area contributed by atoms with E-state index in [0.29, 0.717) is 19.5 Å². The standard InChI is InChI=1S/C13H16BrNO3S/c14-12-4-3-11(19-12)10(16)5-7-15-6-1-2-9(8-15)13(17)18/h3-4,9H,1-2,5-8H2,(H,17,18). The minimum Gasteiger partial charge on any atom is -0.481 e. The van der Waals surface area contributed by atoms with E-state index in [4.69, 9.17) is 5.11 Å². The number of nitrogens with zero attached hydrogens (tertiary/aromatic N) is 1. The molecule has 1 aliphatic rings. The average Bonchev–Trinajstić information content (AvgIpc) is 2.83. The van der Waals surface area contributed by atoms with Gasteiger partial charge in [-0.2, -0.15) is 0 Å². The molecule has 1 aliphatic heterocycles. The van der Waals surface area contributed by atoms with Gasteiger partial charge < -0.3 is 10.0 Å². The number of carboxylic acids is 1. The molecule has 1 fully saturated rings. The Morgan fingerprint density at radius 3 is 2.89 bits per heavy atom. The highest BCUT2D eigenvalue weighted by molar-refractivity contribution is 9.11. The minimum atomic E-state index is -0.724. The number of carboxylic acid groups (broad SMARTS) is 1. The molecule has 0 aliphatic carbocycles. The smallest absolute Gasteiger partial charge is 0.307 e. The lowest BCUT2D eigenvalue weighted by molar-refractivity contribution is -0.143. The molecule has 1 saturated heterocycles. The van der Waals surface area contributed by atoms with Crippen molar-refractivity contribution in [3.8, 4) is 0 Å². The van der Waals surface area contributed by atoms with Gasteiger partial charge in [-0.05, 0) is 47.4 Å². The van der Waals surface area contributed by atoms with Crippen molar-refractivity contribution in [3.05, 3.63) is 20.8 Å². The molecule has 104 valence electrons. The Kier molecular flexibility index (Phi) is 5.13. The van der Waals surface area contributed by atoms with Crippen molar-refractivity contribution in [1.82, 2.24) is 4.90 Å². The fourth-order valence-corrected chi connectivity index (χ4v) is 3.66. The van der Waals surface area contributed by atoms with Crippen LogP contribution in [-0.4, -0.2) is 41.4 Å². The molecule has 0 spiro atoms. The SMILES string of the molecule is O=C(CCN1CCCC(C(=O)O)C1)c1ccc(Br)s1. The van der Waals surface area contributed by atoms with Crippen molar-refractivity contribution in [2.75, 3.05) is 19.6 Å². The zero-order chi connectivity index (χ0) is 13.8. The van der Waals surface area contributed by atoms with Crippen LogP contribution in [0.5, 0.6) is 0 Å². The topological polar surface area (TPSA) is 57.6 Å². The molecule has 2 heterocycles. The van der Waals surface area contributed by atoms with Gasteiger partial charge >= 0.3 is 5.97 Å². The van der Waals surface area contributed by atoms with E-state index in [1.807, 2.05) is 12.1 Å². The lowest BCUT2D eigenvalue weighted by atomic mass is 9.98. The number of hydrogen-bond acceptors (Lipinski definition) is 4. The summed E-state index contributed by atoms with van der Waals surface area (Å²) in [6.45, 7) is 2.11. The summed E-state index contributed by atoms with van der Waals surface area (Å²) in [5.74, 6) is -0.869. The van der Waals surface area contributed by atoms with Crippen LogP contribution in [0.1, 0.15) is 28.9 Å². The fourth-order valence-electron chi connectivity index (χ4n) is 2.31. The van der Waals surface area contributed by atoms with Crippen molar-refractivity contribution in [1.29, 1.82) is 0 Å². The van der Waals surface area contributed by atoms with Crippen LogP contribution in [0.25, 0.3) is 0 Å². The maximum absolute atomic E-state index is 12.0. The minimum absolute atomic E-state index is 0.133. The molecule has 0 aromatic carbocycles. The highest BCUT2D eigenvalue weighted by atomic mass is 79.9. The van der Waals surface area contributed by atoms with E-state index in [-0.39, 0.29) is 11.7 Å². The van der Waals surface area contributed by atoms with Gasteiger partial charge in [0.2, 0.25) is 0 Å². The van der Waals surface area contributed by atoms with Gasteiger partial charge in [0.1, 0.15) is 0 Å². The van der Waals surface area contributed by atoms with Crippen LogP contribution < -0.4 is 0 Å². The Balaban J connectivity index is 1.82. The molecule has 0 radical (unpaired) electrons. The number of halogens is 1. The summed E-state index contributed by atoms with van der Waals surface area (Å²) >= 11 is 4.78. The normalized spacial score (nSPS) is 20.4. The van der Waals surface area contributed by atoms with Crippen molar-refractivity contribution in [2.45, 2.75) is 19.3 Å². The third-order valence-electron chi connectivity index (χ3n) is 3.36. The maximum Gasteiger partial charge on any atom is 0.307 e. The van der Waals surface area contributed by atoms with Crippen molar-refractivity contribution >= 4 is 39.0 Å². The van der Waals surface area contributed by atoms with Crippen LogP contribution in [0.15, 0.2) is 15.9 Å². The van der Waals surface area contributed by atoms with Gasteiger partial charge in [-0.25, -0.2) is 0 Å². The van der Waals surface area contributed by atoms with Gasteiger partial charge in [-0.1, -0.05) is 0 Å². The third kappa shape index (κ3) is 4.12. The zero-order valence-electron chi connectivity index (χ0n) is 10.5. The van der Waals surface area contributed by atoms with E-state index >= 15 is 0 Å². The van der Waals surface area contributed by atoms with Gasteiger partial charge in [0, 0.05) is 19.5 Å². The van der Waals surface area contributed by atoms with Crippen LogP contribution in [0.3, 0.4) is 0 Å². The largest absolute Gasteiger partial charge is 0.481 e. The van der Waals surface area contributed by atoms with Crippen LogP contribution in [0.2, 0.25) is 0 Å². The summed E-state index contributed by atoms with van der Waals surface area (Å²) in [5, 5.41) is 9.02. The summed E-state index contributed by atoms with van der Waals surface area (Å²) in [6, 6.07) is 3.70. The van der Waals surface area contributed by atoms with E-state index < -0.39 is 5.97 Å². The fraction of sp³-hybridized carbons (Fsp3) is 0.538. The first-order valence-electron chi connectivity index (χ1n) is 6.30. The quantitative estimate of drug-likeness (QED) is 0.833. The second-order valence-electron chi connectivity index (χ2n) is 4.75. The Morgan fingerprint density at radius 1 is 1.47 bits per heavy atom. The number of hydrogen-bond donors (Lipinski definition) is 1. The van der Waals surface area contributed by atoms with E-state index in [2.05, 4.69) is 20.8 Å². The van der Waals surface area contributed by atoms with Crippen LogP contribution in [0, 0.1) is 5.92 Å². The summed E-state index contributed by atoms with van der Waals surface area (Å²) in [5.41, 5.74) is 0. The van der Waals surface area contributed by atoms with Crippen LogP contribution >= 0.6 is 27.3 Å². The third-order valence-corrected chi connectivity index (χ3v) is 5.02. The number of aliphatic carboxylic acids is 1. The highest BCUT2D eigenvalue weighted by Crippen LogP contribution is 2.23. The maximum atomic E-state index is 12.0. The number of carbonyl (C=O) groups is 2. The van der Waals surface area contributed by atoms with Crippen LogP contribution in [0.4, 0.5) is 0 Å². The Bertz CT molecular complexity index is 474. The lowest BCUT2D eigenvalue weighted by Gasteiger charge is -2.30. The molecule has 1 aromatic rings. The van der Waals surface area contributed by atoms with E-state index in [1.165, 1.54) is 11.3 Å². The van der Waals surface area contributed by atoms with Crippen molar-refractivity contribution < 1.29 is 14.7 Å². The number of carbonyl (C=O) groups excluding carboxylic acids is 1. The molecule has 1 atom stereocenters. The van der Waals surface area contributed by atoms with Gasteiger partial charge in [0.15, 0.2) is 5.78 Å². The molecular formula is C13H16BrNO3S.